The van der Waals surface area contributed by atoms with Crippen molar-refractivity contribution in [2.45, 2.75) is 26.8 Å². The molecule has 1 N–H and O–H groups in total. The second kappa shape index (κ2) is 16.2. The predicted molar refractivity (Wildman–Crippen MR) is 205 cm³/mol. The van der Waals surface area contributed by atoms with Crippen LogP contribution in [0.15, 0.2) is 138 Å². The Morgan fingerprint density at radius 3 is 2.14 bits per heavy atom. The zero-order valence-corrected chi connectivity index (χ0v) is 29.8. The standard InChI is InChI=1S/C41H41N5O3S/c1-7-9-20-33(8-2)46-40(49)36(26-32-25-28(3)45(29(32)4)35-23-21-34(22-24-35)44(5)6)39(48)43-41(46)50-27-37(47)42-38(30-16-12-10-13-17-30)31-18-14-11-15-19-31/h7-26,38H,1,27H2,2-6H3,(H,42,47)/b20-9-,33-8+,36-26+. The second-order valence-corrected chi connectivity index (χ2v) is 12.8. The molecule has 1 aliphatic heterocycles. The van der Waals surface area contributed by atoms with Crippen LogP contribution < -0.4 is 10.2 Å². The number of carbonyl (C=O) groups is 3. The zero-order valence-electron chi connectivity index (χ0n) is 29.0. The van der Waals surface area contributed by atoms with Crippen LogP contribution in [0.4, 0.5) is 5.69 Å². The molecule has 0 unspecified atom stereocenters. The Labute approximate surface area is 298 Å². The molecule has 0 saturated heterocycles. The molecule has 0 spiro atoms. The molecule has 0 atom stereocenters. The van der Waals surface area contributed by atoms with Crippen LogP contribution in [-0.4, -0.2) is 52.2 Å². The van der Waals surface area contributed by atoms with Gasteiger partial charge in [-0.05, 0) is 79.9 Å². The molecule has 254 valence electrons. The minimum atomic E-state index is -0.663. The van der Waals surface area contributed by atoms with Gasteiger partial charge in [0.2, 0.25) is 5.91 Å². The smallest absolute Gasteiger partial charge is 0.285 e. The number of amidine groups is 1. The van der Waals surface area contributed by atoms with Crippen LogP contribution in [0.2, 0.25) is 0 Å². The maximum atomic E-state index is 14.2. The van der Waals surface area contributed by atoms with E-state index in [9.17, 15) is 14.4 Å². The number of hydrogen-bond donors (Lipinski definition) is 1. The summed E-state index contributed by atoms with van der Waals surface area (Å²) >= 11 is 1.04. The van der Waals surface area contributed by atoms with E-state index in [4.69, 9.17) is 0 Å². The minimum absolute atomic E-state index is 0.0680. The first-order valence-electron chi connectivity index (χ1n) is 16.3. The number of amides is 3. The predicted octanol–water partition coefficient (Wildman–Crippen LogP) is 7.55. The monoisotopic (exact) mass is 683 g/mol. The van der Waals surface area contributed by atoms with Crippen molar-refractivity contribution >= 4 is 46.4 Å². The molecule has 1 aliphatic rings. The number of allylic oxidation sites excluding steroid dienone is 4. The Kier molecular flexibility index (Phi) is 11.5. The number of aromatic nitrogens is 1. The first-order valence-corrected chi connectivity index (χ1v) is 17.2. The van der Waals surface area contributed by atoms with Gasteiger partial charge in [-0.2, -0.15) is 4.99 Å². The van der Waals surface area contributed by atoms with Crippen molar-refractivity contribution in [3.8, 4) is 5.69 Å². The van der Waals surface area contributed by atoms with Crippen LogP contribution in [0.3, 0.4) is 0 Å². The van der Waals surface area contributed by atoms with Crippen LogP contribution in [0.25, 0.3) is 11.8 Å². The third-order valence-corrected chi connectivity index (χ3v) is 9.25. The molecule has 3 aromatic carbocycles. The molecule has 50 heavy (non-hydrogen) atoms. The third-order valence-electron chi connectivity index (χ3n) is 8.31. The molecule has 4 aromatic rings. The number of aliphatic imine (C=N–C) groups is 1. The summed E-state index contributed by atoms with van der Waals surface area (Å²) in [6, 6.07) is 29.2. The number of aryl methyl sites for hydroxylation is 1. The van der Waals surface area contributed by atoms with Crippen LogP contribution in [0.5, 0.6) is 0 Å². The average Bonchev–Trinajstić information content (AvgIpc) is 3.41. The molecule has 2 heterocycles. The van der Waals surface area contributed by atoms with Gasteiger partial charge in [0.25, 0.3) is 11.8 Å². The molecule has 0 aliphatic carbocycles. The van der Waals surface area contributed by atoms with Crippen molar-refractivity contribution in [1.82, 2.24) is 14.8 Å². The fourth-order valence-electron chi connectivity index (χ4n) is 5.78. The normalized spacial score (nSPS) is 14.4. The minimum Gasteiger partial charge on any atom is -0.378 e. The topological polar surface area (TPSA) is 87.0 Å². The molecular formula is C41H41N5O3S. The van der Waals surface area contributed by atoms with Gasteiger partial charge in [0, 0.05) is 42.6 Å². The van der Waals surface area contributed by atoms with Crippen molar-refractivity contribution in [1.29, 1.82) is 0 Å². The highest BCUT2D eigenvalue weighted by atomic mass is 32.2. The number of nitrogens with zero attached hydrogens (tertiary/aromatic N) is 4. The summed E-state index contributed by atoms with van der Waals surface area (Å²) in [7, 11) is 3.99. The highest BCUT2D eigenvalue weighted by molar-refractivity contribution is 8.14. The van der Waals surface area contributed by atoms with Gasteiger partial charge in [-0.1, -0.05) is 97.2 Å². The van der Waals surface area contributed by atoms with Gasteiger partial charge in [0.15, 0.2) is 5.17 Å². The number of anilines is 1. The fraction of sp³-hybridized carbons (Fsp3) is 0.171. The van der Waals surface area contributed by atoms with Crippen LogP contribution in [0.1, 0.15) is 41.0 Å². The van der Waals surface area contributed by atoms with Crippen LogP contribution in [0, 0.1) is 13.8 Å². The number of thioether (sulfide) groups is 1. The summed E-state index contributed by atoms with van der Waals surface area (Å²) in [5.41, 5.74) is 6.92. The molecule has 0 fully saturated rings. The third kappa shape index (κ3) is 7.96. The average molecular weight is 684 g/mol. The first-order chi connectivity index (χ1) is 24.1. The number of nitrogens with one attached hydrogen (secondary N) is 1. The Hall–Kier alpha value is -5.67. The summed E-state index contributed by atoms with van der Waals surface area (Å²) in [6.07, 6.45) is 8.39. The molecule has 0 saturated carbocycles. The Morgan fingerprint density at radius 1 is 0.960 bits per heavy atom. The van der Waals surface area contributed by atoms with E-state index < -0.39 is 11.8 Å². The zero-order chi connectivity index (χ0) is 35.8. The highest BCUT2D eigenvalue weighted by Crippen LogP contribution is 2.29. The van der Waals surface area contributed by atoms with E-state index in [1.54, 1.807) is 37.3 Å². The SMILES string of the molecule is C=C/C=C\C(=C/C)N1C(=O)/C(=C/c2cc(C)n(-c3ccc(N(C)C)cc3)c2C)C(=O)N=C1SCC(=O)NC(c1ccccc1)c1ccccc1. The number of hydrogen-bond acceptors (Lipinski definition) is 5. The lowest BCUT2D eigenvalue weighted by molar-refractivity contribution is -0.126. The molecule has 8 nitrogen and oxygen atoms in total. The lowest BCUT2D eigenvalue weighted by atomic mass is 9.99. The van der Waals surface area contributed by atoms with Crippen molar-refractivity contribution in [2.75, 3.05) is 24.7 Å². The number of benzene rings is 3. The highest BCUT2D eigenvalue weighted by Gasteiger charge is 2.35. The molecule has 9 heteroatoms. The summed E-state index contributed by atoms with van der Waals surface area (Å²) in [5.74, 6) is -1.53. The Morgan fingerprint density at radius 2 is 1.58 bits per heavy atom. The lowest BCUT2D eigenvalue weighted by Crippen LogP contribution is -2.42. The second-order valence-electron chi connectivity index (χ2n) is 11.9. The van der Waals surface area contributed by atoms with E-state index >= 15 is 0 Å². The largest absolute Gasteiger partial charge is 0.378 e. The fourth-order valence-corrected chi connectivity index (χ4v) is 6.59. The van der Waals surface area contributed by atoms with Gasteiger partial charge < -0.3 is 14.8 Å². The van der Waals surface area contributed by atoms with Gasteiger partial charge in [0.1, 0.15) is 5.57 Å². The van der Waals surface area contributed by atoms with Gasteiger partial charge >= 0.3 is 0 Å². The molecular weight excluding hydrogens is 643 g/mol. The van der Waals surface area contributed by atoms with Crippen LogP contribution >= 0.6 is 11.8 Å². The van der Waals surface area contributed by atoms with E-state index in [-0.39, 0.29) is 28.4 Å². The quantitative estimate of drug-likeness (QED) is 0.100. The first kappa shape index (κ1) is 35.6. The maximum absolute atomic E-state index is 14.2. The van der Waals surface area contributed by atoms with E-state index in [0.29, 0.717) is 5.70 Å². The summed E-state index contributed by atoms with van der Waals surface area (Å²) in [4.78, 5) is 49.0. The summed E-state index contributed by atoms with van der Waals surface area (Å²) in [6.45, 7) is 9.49. The summed E-state index contributed by atoms with van der Waals surface area (Å²) in [5, 5.41) is 3.24. The summed E-state index contributed by atoms with van der Waals surface area (Å²) < 4.78 is 2.09. The van der Waals surface area contributed by atoms with Gasteiger partial charge in [0.05, 0.1) is 11.8 Å². The number of rotatable bonds is 11. The van der Waals surface area contributed by atoms with Crippen LogP contribution in [-0.2, 0) is 14.4 Å². The molecule has 0 radical (unpaired) electrons. The molecule has 5 rings (SSSR count). The van der Waals surface area contributed by atoms with Crippen molar-refractivity contribution < 1.29 is 14.4 Å². The molecule has 1 aromatic heterocycles. The van der Waals surface area contributed by atoms with Gasteiger partial charge in [-0.3, -0.25) is 19.3 Å². The van der Waals surface area contributed by atoms with Gasteiger partial charge in [-0.15, -0.1) is 0 Å². The Balaban J connectivity index is 1.44. The van der Waals surface area contributed by atoms with E-state index in [0.717, 1.165) is 51.2 Å². The van der Waals surface area contributed by atoms with E-state index in [1.807, 2.05) is 124 Å². The molecule has 3 amide bonds. The Bertz CT molecular complexity index is 1970. The van der Waals surface area contributed by atoms with E-state index in [1.165, 1.54) is 4.90 Å². The maximum Gasteiger partial charge on any atom is 0.285 e. The van der Waals surface area contributed by atoms with Gasteiger partial charge in [-0.25, -0.2) is 0 Å². The number of carbonyl (C=O) groups excluding carboxylic acids is 3. The van der Waals surface area contributed by atoms with Crippen molar-refractivity contribution in [3.63, 3.8) is 0 Å². The lowest BCUT2D eigenvalue weighted by Gasteiger charge is -2.28. The van der Waals surface area contributed by atoms with E-state index in [2.05, 4.69) is 21.5 Å². The van der Waals surface area contributed by atoms with Crippen molar-refractivity contribution in [2.24, 2.45) is 4.99 Å². The van der Waals surface area contributed by atoms with Crippen molar-refractivity contribution in [3.05, 3.63) is 161 Å². The molecule has 0 bridgehead atoms.